The van der Waals surface area contributed by atoms with Gasteiger partial charge in [-0.25, -0.2) is 9.59 Å². The van der Waals surface area contributed by atoms with Crippen LogP contribution in [0.15, 0.2) is 54.6 Å². The minimum Gasteiger partial charge on any atom is -0.482 e. The van der Waals surface area contributed by atoms with Crippen LogP contribution in [0.25, 0.3) is 0 Å². The van der Waals surface area contributed by atoms with Crippen LogP contribution in [0.1, 0.15) is 22.8 Å². The van der Waals surface area contributed by atoms with Crippen LogP contribution in [-0.2, 0) is 20.9 Å². The van der Waals surface area contributed by atoms with Gasteiger partial charge in [-0.05, 0) is 30.7 Å². The van der Waals surface area contributed by atoms with Crippen molar-refractivity contribution < 1.29 is 23.8 Å². The number of carbonyl (C=O) groups excluding carboxylic acids is 2. The summed E-state index contributed by atoms with van der Waals surface area (Å²) in [6.07, 6.45) is 0. The lowest BCUT2D eigenvalue weighted by Gasteiger charge is -2.08. The molecule has 0 aliphatic carbocycles. The molecule has 0 atom stereocenters. The van der Waals surface area contributed by atoms with Crippen molar-refractivity contribution in [2.45, 2.75) is 13.5 Å². The summed E-state index contributed by atoms with van der Waals surface area (Å²) in [5.41, 5.74) is 1.28. The van der Waals surface area contributed by atoms with Gasteiger partial charge in [0.15, 0.2) is 6.61 Å². The highest BCUT2D eigenvalue weighted by Gasteiger charge is 2.09. The molecule has 0 radical (unpaired) electrons. The zero-order valence-corrected chi connectivity index (χ0v) is 12.9. The van der Waals surface area contributed by atoms with Gasteiger partial charge in [0.1, 0.15) is 12.4 Å². The second-order valence-electron chi connectivity index (χ2n) is 4.68. The largest absolute Gasteiger partial charge is 0.482 e. The molecule has 0 aliphatic rings. The fourth-order valence-corrected chi connectivity index (χ4v) is 1.85. The number of rotatable bonds is 7. The zero-order chi connectivity index (χ0) is 16.5. The Hall–Kier alpha value is -2.82. The van der Waals surface area contributed by atoms with E-state index >= 15 is 0 Å². The maximum atomic E-state index is 11.7. The number of hydrogen-bond donors (Lipinski definition) is 0. The normalized spacial score (nSPS) is 9.96. The molecular formula is C18H18O5. The predicted octanol–water partition coefficient (Wildman–Crippen LogP) is 2.99. The monoisotopic (exact) mass is 314 g/mol. The summed E-state index contributed by atoms with van der Waals surface area (Å²) in [5, 5.41) is 0. The van der Waals surface area contributed by atoms with Crippen LogP contribution in [0.2, 0.25) is 0 Å². The molecule has 0 amide bonds. The summed E-state index contributed by atoms with van der Waals surface area (Å²) in [6.45, 7) is 2.02. The smallest absolute Gasteiger partial charge is 0.344 e. The first kappa shape index (κ1) is 16.5. The van der Waals surface area contributed by atoms with E-state index in [0.717, 1.165) is 5.56 Å². The highest BCUT2D eigenvalue weighted by atomic mass is 16.6. The van der Waals surface area contributed by atoms with E-state index in [-0.39, 0.29) is 13.2 Å². The van der Waals surface area contributed by atoms with Crippen LogP contribution in [0, 0.1) is 0 Å². The Kier molecular flexibility index (Phi) is 6.17. The molecular weight excluding hydrogens is 296 g/mol. The standard InChI is InChI=1S/C18H18O5/c1-2-21-18(20)15-9-6-10-16(11-15)22-13-17(19)23-12-14-7-4-3-5-8-14/h3-11H,2,12-13H2,1H3. The molecule has 2 aromatic rings. The topological polar surface area (TPSA) is 61.8 Å². The fraction of sp³-hybridized carbons (Fsp3) is 0.222. The third-order valence-corrected chi connectivity index (χ3v) is 2.94. The van der Waals surface area contributed by atoms with Gasteiger partial charge in [0.2, 0.25) is 0 Å². The molecule has 2 aromatic carbocycles. The highest BCUT2D eigenvalue weighted by Crippen LogP contribution is 2.14. The van der Waals surface area contributed by atoms with E-state index in [4.69, 9.17) is 14.2 Å². The minimum absolute atomic E-state index is 0.200. The molecule has 5 heteroatoms. The summed E-state index contributed by atoms with van der Waals surface area (Å²) in [6, 6.07) is 15.9. The lowest BCUT2D eigenvalue weighted by molar-refractivity contribution is -0.147. The van der Waals surface area contributed by atoms with Gasteiger partial charge in [0.25, 0.3) is 0 Å². The van der Waals surface area contributed by atoms with Crippen LogP contribution in [-0.4, -0.2) is 25.2 Å². The molecule has 0 saturated carbocycles. The quantitative estimate of drug-likeness (QED) is 0.735. The molecule has 0 spiro atoms. The molecule has 0 saturated heterocycles. The third-order valence-electron chi connectivity index (χ3n) is 2.94. The Bertz CT molecular complexity index is 651. The van der Waals surface area contributed by atoms with Gasteiger partial charge < -0.3 is 14.2 Å². The van der Waals surface area contributed by atoms with Gasteiger partial charge in [0, 0.05) is 0 Å². The van der Waals surface area contributed by atoms with Gasteiger partial charge >= 0.3 is 11.9 Å². The molecule has 0 aromatic heterocycles. The van der Waals surface area contributed by atoms with E-state index in [1.165, 1.54) is 6.07 Å². The molecule has 0 aliphatic heterocycles. The number of ether oxygens (including phenoxy) is 3. The van der Waals surface area contributed by atoms with Crippen molar-refractivity contribution in [2.75, 3.05) is 13.2 Å². The Labute approximate surface area is 134 Å². The molecule has 0 heterocycles. The molecule has 0 bridgehead atoms. The van der Waals surface area contributed by atoms with Crippen LogP contribution in [0.3, 0.4) is 0 Å². The second kappa shape index (κ2) is 8.58. The molecule has 2 rings (SSSR count). The first-order valence-electron chi connectivity index (χ1n) is 7.28. The van der Waals surface area contributed by atoms with E-state index in [0.29, 0.717) is 17.9 Å². The van der Waals surface area contributed by atoms with Crippen LogP contribution < -0.4 is 4.74 Å². The van der Waals surface area contributed by atoms with E-state index in [1.54, 1.807) is 25.1 Å². The maximum absolute atomic E-state index is 11.7. The Balaban J connectivity index is 1.82. The average molecular weight is 314 g/mol. The Morgan fingerprint density at radius 3 is 2.48 bits per heavy atom. The van der Waals surface area contributed by atoms with Crippen molar-refractivity contribution in [3.05, 3.63) is 65.7 Å². The Morgan fingerprint density at radius 1 is 0.957 bits per heavy atom. The van der Waals surface area contributed by atoms with Gasteiger partial charge in [-0.15, -0.1) is 0 Å². The van der Waals surface area contributed by atoms with Crippen LogP contribution in [0.5, 0.6) is 5.75 Å². The molecule has 0 N–H and O–H groups in total. The lowest BCUT2D eigenvalue weighted by atomic mass is 10.2. The molecule has 0 fully saturated rings. The molecule has 120 valence electrons. The van der Waals surface area contributed by atoms with Crippen LogP contribution in [0.4, 0.5) is 0 Å². The summed E-state index contributed by atoms with van der Waals surface area (Å²) in [7, 11) is 0. The lowest BCUT2D eigenvalue weighted by Crippen LogP contribution is -2.15. The zero-order valence-electron chi connectivity index (χ0n) is 12.9. The van der Waals surface area contributed by atoms with Crippen molar-refractivity contribution in [1.29, 1.82) is 0 Å². The number of esters is 2. The molecule has 5 nitrogen and oxygen atoms in total. The molecule has 23 heavy (non-hydrogen) atoms. The van der Waals surface area contributed by atoms with Crippen molar-refractivity contribution in [3.8, 4) is 5.75 Å². The van der Waals surface area contributed by atoms with Gasteiger partial charge in [-0.3, -0.25) is 0 Å². The summed E-state index contributed by atoms with van der Waals surface area (Å²) in [5.74, 6) is -0.493. The van der Waals surface area contributed by atoms with Gasteiger partial charge in [-0.1, -0.05) is 36.4 Å². The number of benzene rings is 2. The third kappa shape index (κ3) is 5.47. The number of carbonyl (C=O) groups is 2. The summed E-state index contributed by atoms with van der Waals surface area (Å²) in [4.78, 5) is 23.3. The van der Waals surface area contributed by atoms with Crippen LogP contribution >= 0.6 is 0 Å². The SMILES string of the molecule is CCOC(=O)c1cccc(OCC(=O)OCc2ccccc2)c1. The van der Waals surface area contributed by atoms with E-state index in [2.05, 4.69) is 0 Å². The second-order valence-corrected chi connectivity index (χ2v) is 4.68. The van der Waals surface area contributed by atoms with E-state index in [9.17, 15) is 9.59 Å². The fourth-order valence-electron chi connectivity index (χ4n) is 1.85. The first-order valence-corrected chi connectivity index (χ1v) is 7.28. The predicted molar refractivity (Wildman–Crippen MR) is 84.1 cm³/mol. The minimum atomic E-state index is -0.476. The summed E-state index contributed by atoms with van der Waals surface area (Å²) >= 11 is 0. The molecule has 0 unspecified atom stereocenters. The van der Waals surface area contributed by atoms with Gasteiger partial charge in [0.05, 0.1) is 12.2 Å². The average Bonchev–Trinajstić information content (AvgIpc) is 2.59. The van der Waals surface area contributed by atoms with Gasteiger partial charge in [-0.2, -0.15) is 0 Å². The van der Waals surface area contributed by atoms with E-state index in [1.807, 2.05) is 30.3 Å². The van der Waals surface area contributed by atoms with Crippen molar-refractivity contribution >= 4 is 11.9 Å². The Morgan fingerprint density at radius 2 is 1.74 bits per heavy atom. The van der Waals surface area contributed by atoms with Crippen molar-refractivity contribution in [1.82, 2.24) is 0 Å². The maximum Gasteiger partial charge on any atom is 0.344 e. The van der Waals surface area contributed by atoms with Crippen molar-refractivity contribution in [2.24, 2.45) is 0 Å². The van der Waals surface area contributed by atoms with Crippen molar-refractivity contribution in [3.63, 3.8) is 0 Å². The summed E-state index contributed by atoms with van der Waals surface area (Å²) < 4.78 is 15.4. The first-order chi connectivity index (χ1) is 11.2. The van der Waals surface area contributed by atoms with E-state index < -0.39 is 11.9 Å². The number of hydrogen-bond acceptors (Lipinski definition) is 5. The highest BCUT2D eigenvalue weighted by molar-refractivity contribution is 5.89.